The zero-order valence-electron chi connectivity index (χ0n) is 17.9. The number of carbonyl (C=O) groups is 1. The van der Waals surface area contributed by atoms with Crippen LogP contribution in [0.5, 0.6) is 0 Å². The number of pyridine rings is 1. The smallest absolute Gasteiger partial charge is 0.152 e. The molecule has 0 saturated heterocycles. The van der Waals surface area contributed by atoms with E-state index >= 15 is 0 Å². The highest BCUT2D eigenvalue weighted by Gasteiger charge is 2.19. The molecule has 2 aromatic carbocycles. The lowest BCUT2D eigenvalue weighted by atomic mass is 10.1. The van der Waals surface area contributed by atoms with Crippen molar-refractivity contribution < 1.29 is 14.3 Å². The molecule has 0 bridgehead atoms. The second-order valence-corrected chi connectivity index (χ2v) is 7.12. The fourth-order valence-electron chi connectivity index (χ4n) is 3.92. The zero-order chi connectivity index (χ0) is 22.8. The Balaban J connectivity index is 0.00000119. The predicted molar refractivity (Wildman–Crippen MR) is 124 cm³/mol. The summed E-state index contributed by atoms with van der Waals surface area (Å²) in [5, 5.41) is 12.6. The average Bonchev–Trinajstić information content (AvgIpc) is 3.39. The molecule has 3 heterocycles. The fourth-order valence-corrected chi connectivity index (χ4v) is 3.92. The maximum Gasteiger partial charge on any atom is 0.152 e. The van der Waals surface area contributed by atoms with E-state index in [1.54, 1.807) is 40.0 Å². The highest BCUT2D eigenvalue weighted by Crippen LogP contribution is 2.36. The molecular formula is C24H22FN5O2. The Kier molecular flexibility index (Phi) is 5.70. The van der Waals surface area contributed by atoms with Gasteiger partial charge in [0.1, 0.15) is 11.3 Å². The molecular weight excluding hydrogens is 409 g/mol. The standard InChI is InChI=1S/C23H18FN5O.CH4O/c1-28(19-8-4-3-7-16(19)24)20-9-5-6-15-22(20)27-29(2)23(15)18-12-17-21(26-18)14(13-30)10-11-25-17;1-2/h3-13,26H,1-2H3;2H,1H3. The third-order valence-corrected chi connectivity index (χ3v) is 5.35. The second kappa shape index (κ2) is 8.60. The number of anilines is 2. The molecule has 0 fully saturated rings. The Bertz CT molecular complexity index is 1420. The number of hydrogen-bond acceptors (Lipinski definition) is 5. The number of aliphatic hydroxyl groups excluding tert-OH is 1. The average molecular weight is 431 g/mol. The first-order valence-electron chi connectivity index (χ1n) is 9.90. The van der Waals surface area contributed by atoms with Crippen LogP contribution in [0.1, 0.15) is 10.4 Å². The molecule has 32 heavy (non-hydrogen) atoms. The molecule has 0 radical (unpaired) electrons. The second-order valence-electron chi connectivity index (χ2n) is 7.12. The van der Waals surface area contributed by atoms with Crippen molar-refractivity contribution in [1.82, 2.24) is 19.7 Å². The number of aryl methyl sites for hydroxylation is 1. The van der Waals surface area contributed by atoms with E-state index in [0.717, 1.165) is 41.4 Å². The highest BCUT2D eigenvalue weighted by molar-refractivity contribution is 6.03. The van der Waals surface area contributed by atoms with Gasteiger partial charge in [-0.05, 0) is 30.3 Å². The summed E-state index contributed by atoms with van der Waals surface area (Å²) in [6.45, 7) is 0. The number of aromatic amines is 1. The van der Waals surface area contributed by atoms with Gasteiger partial charge < -0.3 is 15.0 Å². The minimum Gasteiger partial charge on any atom is -0.400 e. The number of aromatic nitrogens is 4. The number of H-pyrrole nitrogens is 1. The number of aliphatic hydroxyl groups is 1. The Morgan fingerprint density at radius 2 is 1.84 bits per heavy atom. The molecule has 0 saturated carbocycles. The minimum atomic E-state index is -0.295. The number of halogens is 1. The van der Waals surface area contributed by atoms with Gasteiger partial charge in [-0.2, -0.15) is 5.10 Å². The largest absolute Gasteiger partial charge is 0.400 e. The Morgan fingerprint density at radius 1 is 1.09 bits per heavy atom. The van der Waals surface area contributed by atoms with Crippen LogP contribution in [0.25, 0.3) is 33.3 Å². The quantitative estimate of drug-likeness (QED) is 0.411. The normalized spacial score (nSPS) is 10.8. The van der Waals surface area contributed by atoms with Crippen molar-refractivity contribution >= 4 is 39.6 Å². The molecule has 0 aliphatic carbocycles. The van der Waals surface area contributed by atoms with Crippen LogP contribution in [0, 0.1) is 5.82 Å². The minimum absolute atomic E-state index is 0.295. The van der Waals surface area contributed by atoms with Crippen LogP contribution in [0.4, 0.5) is 15.8 Å². The maximum absolute atomic E-state index is 14.4. The van der Waals surface area contributed by atoms with Gasteiger partial charge in [0.25, 0.3) is 0 Å². The van der Waals surface area contributed by atoms with Crippen molar-refractivity contribution in [1.29, 1.82) is 0 Å². The number of benzene rings is 2. The number of aldehydes is 1. The SMILES string of the molecule is CN(c1ccccc1F)c1cccc2c(-c3cc4nccc(C=O)c4[nH]3)n(C)nc12.CO. The van der Waals surface area contributed by atoms with Crippen molar-refractivity contribution in [3.05, 3.63) is 72.2 Å². The van der Waals surface area contributed by atoms with Crippen molar-refractivity contribution in [3.8, 4) is 11.4 Å². The summed E-state index contributed by atoms with van der Waals surface area (Å²) in [6, 6.07) is 16.1. The van der Waals surface area contributed by atoms with Crippen molar-refractivity contribution in [2.45, 2.75) is 0 Å². The lowest BCUT2D eigenvalue weighted by molar-refractivity contribution is 0.112. The molecule has 0 aliphatic rings. The summed E-state index contributed by atoms with van der Waals surface area (Å²) >= 11 is 0. The number of nitrogens with zero attached hydrogens (tertiary/aromatic N) is 4. The van der Waals surface area contributed by atoms with E-state index < -0.39 is 0 Å². The molecule has 3 aromatic heterocycles. The van der Waals surface area contributed by atoms with Gasteiger partial charge in [0.15, 0.2) is 6.29 Å². The molecule has 5 aromatic rings. The summed E-state index contributed by atoms with van der Waals surface area (Å²) in [4.78, 5) is 20.8. The molecule has 0 aliphatic heterocycles. The van der Waals surface area contributed by atoms with E-state index in [-0.39, 0.29) is 5.82 Å². The van der Waals surface area contributed by atoms with E-state index in [0.29, 0.717) is 22.3 Å². The molecule has 7 nitrogen and oxygen atoms in total. The maximum atomic E-state index is 14.4. The molecule has 0 atom stereocenters. The van der Waals surface area contributed by atoms with Crippen LogP contribution in [-0.2, 0) is 7.05 Å². The van der Waals surface area contributed by atoms with E-state index in [1.807, 2.05) is 38.4 Å². The van der Waals surface area contributed by atoms with Crippen LogP contribution in [0.3, 0.4) is 0 Å². The Hall–Kier alpha value is -4.04. The van der Waals surface area contributed by atoms with E-state index in [2.05, 4.69) is 9.97 Å². The zero-order valence-corrected chi connectivity index (χ0v) is 17.9. The van der Waals surface area contributed by atoms with Crippen molar-refractivity contribution in [2.75, 3.05) is 19.1 Å². The molecule has 5 rings (SSSR count). The lowest BCUT2D eigenvalue weighted by Gasteiger charge is -2.20. The predicted octanol–water partition coefficient (Wildman–Crippen LogP) is 4.44. The number of hydrogen-bond donors (Lipinski definition) is 2. The summed E-state index contributed by atoms with van der Waals surface area (Å²) in [5.74, 6) is -0.295. The molecule has 0 unspecified atom stereocenters. The number of rotatable bonds is 4. The first-order chi connectivity index (χ1) is 15.6. The summed E-state index contributed by atoms with van der Waals surface area (Å²) in [5.41, 5.74) is 5.65. The Labute approximate surface area is 183 Å². The van der Waals surface area contributed by atoms with Gasteiger partial charge >= 0.3 is 0 Å². The Morgan fingerprint density at radius 3 is 2.59 bits per heavy atom. The van der Waals surface area contributed by atoms with Crippen LogP contribution < -0.4 is 4.90 Å². The van der Waals surface area contributed by atoms with Crippen LogP contribution >= 0.6 is 0 Å². The summed E-state index contributed by atoms with van der Waals surface area (Å²) in [6.07, 6.45) is 2.43. The molecule has 162 valence electrons. The van der Waals surface area contributed by atoms with Gasteiger partial charge in [-0.15, -0.1) is 0 Å². The van der Waals surface area contributed by atoms with Crippen molar-refractivity contribution in [2.24, 2.45) is 7.05 Å². The van der Waals surface area contributed by atoms with Gasteiger partial charge in [0.05, 0.1) is 33.8 Å². The number of para-hydroxylation sites is 1. The first-order valence-corrected chi connectivity index (χ1v) is 9.90. The van der Waals surface area contributed by atoms with Crippen molar-refractivity contribution in [3.63, 3.8) is 0 Å². The molecule has 2 N–H and O–H groups in total. The van der Waals surface area contributed by atoms with Crippen LogP contribution in [-0.4, -0.2) is 45.3 Å². The number of nitrogens with one attached hydrogen (secondary N) is 1. The van der Waals surface area contributed by atoms with Gasteiger partial charge in [-0.25, -0.2) is 4.39 Å². The third kappa shape index (κ3) is 3.40. The number of carbonyl (C=O) groups excluding carboxylic acids is 1. The highest BCUT2D eigenvalue weighted by atomic mass is 19.1. The summed E-state index contributed by atoms with van der Waals surface area (Å²) in [7, 11) is 4.69. The third-order valence-electron chi connectivity index (χ3n) is 5.35. The molecule has 8 heteroatoms. The lowest BCUT2D eigenvalue weighted by Crippen LogP contribution is -2.11. The molecule has 0 amide bonds. The fraction of sp³-hybridized carbons (Fsp3) is 0.125. The number of fused-ring (bicyclic) bond motifs is 2. The topological polar surface area (TPSA) is 87.0 Å². The summed E-state index contributed by atoms with van der Waals surface area (Å²) < 4.78 is 16.1. The first kappa shape index (κ1) is 21.2. The van der Waals surface area contributed by atoms with Gasteiger partial charge in [0, 0.05) is 38.4 Å². The van der Waals surface area contributed by atoms with E-state index in [4.69, 9.17) is 10.2 Å². The van der Waals surface area contributed by atoms with Gasteiger partial charge in [-0.3, -0.25) is 14.5 Å². The monoisotopic (exact) mass is 431 g/mol. The van der Waals surface area contributed by atoms with Gasteiger partial charge in [0.2, 0.25) is 0 Å². The van der Waals surface area contributed by atoms with E-state index in [9.17, 15) is 9.18 Å². The van der Waals surface area contributed by atoms with Crippen LogP contribution in [0.2, 0.25) is 0 Å². The van der Waals surface area contributed by atoms with E-state index in [1.165, 1.54) is 6.07 Å². The molecule has 0 spiro atoms. The van der Waals surface area contributed by atoms with Gasteiger partial charge in [-0.1, -0.05) is 24.3 Å². The van der Waals surface area contributed by atoms with Crippen LogP contribution in [0.15, 0.2) is 60.8 Å².